The number of hydrogen-bond donors (Lipinski definition) is 1. The first-order chi connectivity index (χ1) is 13.6. The van der Waals surface area contributed by atoms with Crippen LogP contribution in [0, 0.1) is 0 Å². The van der Waals surface area contributed by atoms with Crippen LogP contribution < -0.4 is 10.2 Å². The summed E-state index contributed by atoms with van der Waals surface area (Å²) in [7, 11) is 0. The maximum Gasteiger partial charge on any atom is 0.228 e. The summed E-state index contributed by atoms with van der Waals surface area (Å²) in [6.07, 6.45) is 6.21. The largest absolute Gasteiger partial charge is 0.464 e. The molecule has 0 fully saturated rings. The highest BCUT2D eigenvalue weighted by Gasteiger charge is 2.22. The lowest BCUT2D eigenvalue weighted by molar-refractivity contribution is -0.117. The molecule has 5 nitrogen and oxygen atoms in total. The molecule has 2 heterocycles. The van der Waals surface area contributed by atoms with Crippen LogP contribution in [0.15, 0.2) is 41.0 Å². The van der Waals surface area contributed by atoms with Crippen molar-refractivity contribution in [2.75, 3.05) is 16.8 Å². The minimum Gasteiger partial charge on any atom is -0.464 e. The highest BCUT2D eigenvalue weighted by atomic mass is 16.3. The van der Waals surface area contributed by atoms with Crippen molar-refractivity contribution < 1.29 is 14.0 Å². The van der Waals surface area contributed by atoms with E-state index < -0.39 is 0 Å². The lowest BCUT2D eigenvalue weighted by Crippen LogP contribution is -2.25. The maximum absolute atomic E-state index is 12.6. The number of fused-ring (bicyclic) bond motifs is 3. The number of nitrogens with one attached hydrogen (secondary N) is 1. The van der Waals surface area contributed by atoms with Gasteiger partial charge in [0.1, 0.15) is 5.58 Å². The molecule has 0 unspecified atom stereocenters. The minimum atomic E-state index is -0.0652. The summed E-state index contributed by atoms with van der Waals surface area (Å²) >= 11 is 0. The van der Waals surface area contributed by atoms with Crippen LogP contribution in [0.4, 0.5) is 11.4 Å². The Morgan fingerprint density at radius 1 is 1.07 bits per heavy atom. The number of rotatable bonds is 3. The summed E-state index contributed by atoms with van der Waals surface area (Å²) in [6.45, 7) is 2.28. The Kier molecular flexibility index (Phi) is 3.97. The van der Waals surface area contributed by atoms with Gasteiger partial charge in [0.25, 0.3) is 0 Å². The average Bonchev–Trinajstić information content (AvgIpc) is 3.38. The lowest BCUT2D eigenvalue weighted by Gasteiger charge is -2.15. The topological polar surface area (TPSA) is 62.6 Å². The number of nitrogens with zero attached hydrogens (tertiary/aromatic N) is 1. The predicted molar refractivity (Wildman–Crippen MR) is 109 cm³/mol. The number of carbonyl (C=O) groups is 2. The van der Waals surface area contributed by atoms with Gasteiger partial charge < -0.3 is 14.6 Å². The summed E-state index contributed by atoms with van der Waals surface area (Å²) in [6, 6.07) is 10.1. The number of carbonyl (C=O) groups excluding carboxylic acids is 2. The van der Waals surface area contributed by atoms with Gasteiger partial charge in [0.05, 0.1) is 12.7 Å². The van der Waals surface area contributed by atoms with Crippen LogP contribution in [-0.4, -0.2) is 18.4 Å². The fraction of sp³-hybridized carbons (Fsp3) is 0.304. The molecule has 0 radical (unpaired) electrons. The summed E-state index contributed by atoms with van der Waals surface area (Å²) in [5.74, 6) is -0.0153. The van der Waals surface area contributed by atoms with Gasteiger partial charge in [-0.25, -0.2) is 0 Å². The van der Waals surface area contributed by atoms with Crippen LogP contribution in [-0.2, 0) is 35.3 Å². The molecule has 0 atom stereocenters. The first-order valence-corrected chi connectivity index (χ1v) is 9.81. The van der Waals surface area contributed by atoms with Crippen LogP contribution in [0.5, 0.6) is 0 Å². The fourth-order valence-electron chi connectivity index (χ4n) is 4.47. The summed E-state index contributed by atoms with van der Waals surface area (Å²) in [5.41, 5.74) is 7.34. The quantitative estimate of drug-likeness (QED) is 0.753. The van der Waals surface area contributed by atoms with Gasteiger partial charge in [0.2, 0.25) is 11.8 Å². The minimum absolute atomic E-state index is 0.0499. The normalized spacial score (nSPS) is 15.0. The van der Waals surface area contributed by atoms with Crippen molar-refractivity contribution in [1.29, 1.82) is 0 Å². The van der Waals surface area contributed by atoms with Crippen molar-refractivity contribution in [3.05, 3.63) is 58.8 Å². The molecule has 0 saturated heterocycles. The van der Waals surface area contributed by atoms with Gasteiger partial charge >= 0.3 is 0 Å². The highest BCUT2D eigenvalue weighted by Crippen LogP contribution is 2.32. The molecule has 2 aliphatic rings. The van der Waals surface area contributed by atoms with Crippen LogP contribution in [0.25, 0.3) is 11.0 Å². The third kappa shape index (κ3) is 2.87. The Labute approximate surface area is 163 Å². The van der Waals surface area contributed by atoms with E-state index in [-0.39, 0.29) is 18.2 Å². The number of hydrogen-bond acceptors (Lipinski definition) is 3. The SMILES string of the molecule is CC(=O)N1CCc2cc(NC(=O)Cc3coc4cc5c(cc34)CCC5)ccc21. The van der Waals surface area contributed by atoms with Crippen LogP contribution in [0.3, 0.4) is 0 Å². The Morgan fingerprint density at radius 3 is 2.71 bits per heavy atom. The molecule has 3 aromatic rings. The average molecular weight is 374 g/mol. The third-order valence-corrected chi connectivity index (χ3v) is 5.86. The molecule has 28 heavy (non-hydrogen) atoms. The van der Waals surface area contributed by atoms with Crippen molar-refractivity contribution in [3.63, 3.8) is 0 Å². The van der Waals surface area contributed by atoms with E-state index in [1.807, 2.05) is 18.2 Å². The number of furan rings is 1. The molecular weight excluding hydrogens is 352 g/mol. The molecule has 1 N–H and O–H groups in total. The fourth-order valence-corrected chi connectivity index (χ4v) is 4.47. The third-order valence-electron chi connectivity index (χ3n) is 5.86. The molecule has 142 valence electrons. The molecule has 5 rings (SSSR count). The number of amides is 2. The monoisotopic (exact) mass is 374 g/mol. The summed E-state index contributed by atoms with van der Waals surface area (Å²) < 4.78 is 5.70. The Morgan fingerprint density at radius 2 is 1.89 bits per heavy atom. The molecule has 1 aliphatic carbocycles. The van der Waals surface area contributed by atoms with Gasteiger partial charge in [-0.15, -0.1) is 0 Å². The molecule has 2 amide bonds. The Balaban J connectivity index is 1.33. The van der Waals surface area contributed by atoms with Crippen molar-refractivity contribution in [2.24, 2.45) is 0 Å². The zero-order valence-corrected chi connectivity index (χ0v) is 15.9. The van der Waals surface area contributed by atoms with E-state index in [1.165, 1.54) is 17.5 Å². The predicted octanol–water partition coefficient (Wildman–Crippen LogP) is 4.01. The lowest BCUT2D eigenvalue weighted by atomic mass is 10.0. The van der Waals surface area contributed by atoms with Crippen molar-refractivity contribution in [2.45, 2.75) is 39.0 Å². The van der Waals surface area contributed by atoms with E-state index in [0.717, 1.165) is 52.7 Å². The maximum atomic E-state index is 12.6. The second-order valence-corrected chi connectivity index (χ2v) is 7.72. The van der Waals surface area contributed by atoms with Crippen molar-refractivity contribution in [3.8, 4) is 0 Å². The molecular formula is C23H22N2O3. The van der Waals surface area contributed by atoms with Gasteiger partial charge in [-0.1, -0.05) is 0 Å². The smallest absolute Gasteiger partial charge is 0.228 e. The van der Waals surface area contributed by atoms with E-state index in [2.05, 4.69) is 17.4 Å². The van der Waals surface area contributed by atoms with Gasteiger partial charge in [0.15, 0.2) is 0 Å². The Bertz CT molecular complexity index is 1110. The van der Waals surface area contributed by atoms with E-state index >= 15 is 0 Å². The number of benzene rings is 2. The molecule has 2 aromatic carbocycles. The van der Waals surface area contributed by atoms with E-state index in [1.54, 1.807) is 18.1 Å². The number of anilines is 2. The molecule has 1 aliphatic heterocycles. The summed E-state index contributed by atoms with van der Waals surface area (Å²) in [5, 5.41) is 4.03. The first-order valence-electron chi connectivity index (χ1n) is 9.81. The second-order valence-electron chi connectivity index (χ2n) is 7.72. The van der Waals surface area contributed by atoms with Crippen LogP contribution in [0.1, 0.15) is 35.6 Å². The van der Waals surface area contributed by atoms with Crippen molar-refractivity contribution >= 4 is 34.2 Å². The standard InChI is InChI=1S/C23H22N2O3/c1-14(26)25-8-7-17-9-19(5-6-21(17)25)24-23(27)12-18-13-28-22-11-16-4-2-3-15(16)10-20(18)22/h5-6,9-11,13H,2-4,7-8,12H2,1H3,(H,24,27). The molecule has 5 heteroatoms. The van der Waals surface area contributed by atoms with Gasteiger partial charge in [0, 0.05) is 35.8 Å². The highest BCUT2D eigenvalue weighted by molar-refractivity contribution is 5.97. The molecule has 0 bridgehead atoms. The zero-order chi connectivity index (χ0) is 19.3. The van der Waals surface area contributed by atoms with Gasteiger partial charge in [-0.2, -0.15) is 0 Å². The van der Waals surface area contributed by atoms with Crippen molar-refractivity contribution in [1.82, 2.24) is 0 Å². The van der Waals surface area contributed by atoms with E-state index in [4.69, 9.17) is 4.42 Å². The zero-order valence-electron chi connectivity index (χ0n) is 15.9. The molecule has 1 aromatic heterocycles. The molecule has 0 saturated carbocycles. The van der Waals surface area contributed by atoms with E-state index in [9.17, 15) is 9.59 Å². The van der Waals surface area contributed by atoms with Gasteiger partial charge in [-0.3, -0.25) is 9.59 Å². The van der Waals surface area contributed by atoms with E-state index in [0.29, 0.717) is 6.54 Å². The first kappa shape index (κ1) is 17.0. The molecule has 0 spiro atoms. The second kappa shape index (κ2) is 6.51. The Hall–Kier alpha value is -3.08. The summed E-state index contributed by atoms with van der Waals surface area (Å²) in [4.78, 5) is 26.1. The number of aryl methyl sites for hydroxylation is 2. The van der Waals surface area contributed by atoms with Gasteiger partial charge in [-0.05, 0) is 72.7 Å². The van der Waals surface area contributed by atoms with Crippen LogP contribution in [0.2, 0.25) is 0 Å². The van der Waals surface area contributed by atoms with Crippen LogP contribution >= 0.6 is 0 Å².